The van der Waals surface area contributed by atoms with Crippen LogP contribution in [0.4, 0.5) is 0 Å². The maximum atomic E-state index is 11.1. The molecule has 1 fully saturated rings. The highest BCUT2D eigenvalue weighted by molar-refractivity contribution is 6.07. The molecular formula is C10H11NO4. The number of carbonyl (C=O) groups is 3. The molecule has 1 saturated heterocycles. The number of terminal acetylenes is 1. The molecule has 0 aliphatic carbocycles. The van der Waals surface area contributed by atoms with E-state index in [1.165, 1.54) is 0 Å². The fourth-order valence-corrected chi connectivity index (χ4v) is 1.30. The number of carbonyl (C=O) groups excluding carboxylic acids is 3. The fourth-order valence-electron chi connectivity index (χ4n) is 1.30. The molecule has 5 nitrogen and oxygen atoms in total. The van der Waals surface area contributed by atoms with Crippen LogP contribution in [0.15, 0.2) is 0 Å². The number of Topliss-reactive ketones (excluding diaryl/α,β-unsaturated/α-hetero) is 1. The standard InChI is InChI=1S/C10H11NO4/c1-2-5-15-10(14)4-3-7-8(12)6-9(13)11-7/h1,7H,3-6H2,(H,11,13). The quantitative estimate of drug-likeness (QED) is 0.381. The van der Waals surface area contributed by atoms with Crippen LogP contribution in [0.1, 0.15) is 19.3 Å². The summed E-state index contributed by atoms with van der Waals surface area (Å²) in [7, 11) is 0. The number of esters is 1. The van der Waals surface area contributed by atoms with Crippen molar-refractivity contribution in [2.24, 2.45) is 0 Å². The van der Waals surface area contributed by atoms with E-state index in [2.05, 4.69) is 16.0 Å². The molecule has 1 N–H and O–H groups in total. The van der Waals surface area contributed by atoms with Crippen molar-refractivity contribution in [3.8, 4) is 12.3 Å². The van der Waals surface area contributed by atoms with Crippen molar-refractivity contribution >= 4 is 17.7 Å². The molecule has 0 aromatic carbocycles. The number of amides is 1. The molecule has 1 rings (SSSR count). The van der Waals surface area contributed by atoms with Gasteiger partial charge < -0.3 is 10.1 Å². The summed E-state index contributed by atoms with van der Waals surface area (Å²) < 4.78 is 4.61. The Morgan fingerprint density at radius 1 is 1.60 bits per heavy atom. The highest BCUT2D eigenvalue weighted by Crippen LogP contribution is 2.08. The third-order valence-corrected chi connectivity index (χ3v) is 2.01. The van der Waals surface area contributed by atoms with Gasteiger partial charge >= 0.3 is 5.97 Å². The van der Waals surface area contributed by atoms with Gasteiger partial charge in [-0.2, -0.15) is 0 Å². The van der Waals surface area contributed by atoms with Crippen molar-refractivity contribution < 1.29 is 19.1 Å². The van der Waals surface area contributed by atoms with Crippen molar-refractivity contribution in [3.63, 3.8) is 0 Å². The number of rotatable bonds is 4. The normalized spacial score (nSPS) is 19.5. The molecule has 1 aliphatic rings. The smallest absolute Gasteiger partial charge is 0.306 e. The van der Waals surface area contributed by atoms with Crippen LogP contribution in [0.3, 0.4) is 0 Å². The highest BCUT2D eigenvalue weighted by atomic mass is 16.5. The van der Waals surface area contributed by atoms with Gasteiger partial charge in [-0.05, 0) is 6.42 Å². The zero-order valence-electron chi connectivity index (χ0n) is 8.12. The molecule has 1 unspecified atom stereocenters. The zero-order valence-corrected chi connectivity index (χ0v) is 8.12. The van der Waals surface area contributed by atoms with Gasteiger partial charge in [-0.1, -0.05) is 5.92 Å². The van der Waals surface area contributed by atoms with Crippen LogP contribution in [-0.2, 0) is 19.1 Å². The second kappa shape index (κ2) is 5.15. The second-order valence-electron chi connectivity index (χ2n) is 3.17. The van der Waals surface area contributed by atoms with Gasteiger partial charge in [0.15, 0.2) is 12.4 Å². The van der Waals surface area contributed by atoms with Gasteiger partial charge in [0, 0.05) is 6.42 Å². The SMILES string of the molecule is C#CCOC(=O)CCC1NC(=O)CC1=O. The molecule has 0 radical (unpaired) electrons. The van der Waals surface area contributed by atoms with Crippen LogP contribution in [-0.4, -0.2) is 30.3 Å². The van der Waals surface area contributed by atoms with Gasteiger partial charge in [0.2, 0.25) is 5.91 Å². The lowest BCUT2D eigenvalue weighted by Crippen LogP contribution is -2.29. The first-order valence-corrected chi connectivity index (χ1v) is 4.54. The maximum absolute atomic E-state index is 11.1. The number of nitrogens with one attached hydrogen (secondary N) is 1. The van der Waals surface area contributed by atoms with Crippen molar-refractivity contribution in [1.82, 2.24) is 5.32 Å². The first-order valence-electron chi connectivity index (χ1n) is 4.54. The molecule has 15 heavy (non-hydrogen) atoms. The molecule has 0 saturated carbocycles. The molecule has 0 spiro atoms. The predicted octanol–water partition coefficient (Wildman–Crippen LogP) is -0.599. The van der Waals surface area contributed by atoms with E-state index in [0.29, 0.717) is 0 Å². The van der Waals surface area contributed by atoms with Crippen molar-refractivity contribution in [3.05, 3.63) is 0 Å². The average molecular weight is 209 g/mol. The minimum Gasteiger partial charge on any atom is -0.452 e. The molecule has 80 valence electrons. The molecule has 1 atom stereocenters. The molecule has 0 aromatic rings. The van der Waals surface area contributed by atoms with Crippen molar-refractivity contribution in [2.75, 3.05) is 6.61 Å². The van der Waals surface area contributed by atoms with Gasteiger partial charge in [0.25, 0.3) is 0 Å². The van der Waals surface area contributed by atoms with E-state index in [1.54, 1.807) is 0 Å². The van der Waals surface area contributed by atoms with Crippen LogP contribution in [0.5, 0.6) is 0 Å². The van der Waals surface area contributed by atoms with E-state index in [9.17, 15) is 14.4 Å². The second-order valence-corrected chi connectivity index (χ2v) is 3.17. The van der Waals surface area contributed by atoms with Crippen LogP contribution >= 0.6 is 0 Å². The number of hydrogen-bond donors (Lipinski definition) is 1. The van der Waals surface area contributed by atoms with E-state index in [-0.39, 0.29) is 37.6 Å². The summed E-state index contributed by atoms with van der Waals surface area (Å²) in [4.78, 5) is 33.0. The van der Waals surface area contributed by atoms with E-state index in [0.717, 1.165) is 0 Å². The molecule has 0 aromatic heterocycles. The Bertz CT molecular complexity index is 329. The fraction of sp³-hybridized carbons (Fsp3) is 0.500. The minimum atomic E-state index is -0.545. The Morgan fingerprint density at radius 3 is 2.87 bits per heavy atom. The first-order chi connectivity index (χ1) is 7.13. The third-order valence-electron chi connectivity index (χ3n) is 2.01. The summed E-state index contributed by atoms with van der Waals surface area (Å²) in [6.07, 6.45) is 5.16. The number of ketones is 1. The van der Waals surface area contributed by atoms with Gasteiger partial charge in [-0.3, -0.25) is 14.4 Å². The molecule has 1 heterocycles. The monoisotopic (exact) mass is 209 g/mol. The number of hydrogen-bond acceptors (Lipinski definition) is 4. The molecule has 1 amide bonds. The minimum absolute atomic E-state index is 0.0657. The van der Waals surface area contributed by atoms with Crippen LogP contribution in [0.2, 0.25) is 0 Å². The average Bonchev–Trinajstić information content (AvgIpc) is 2.51. The summed E-state index contributed by atoms with van der Waals surface area (Å²) >= 11 is 0. The summed E-state index contributed by atoms with van der Waals surface area (Å²) in [6, 6.07) is -0.545. The first kappa shape index (κ1) is 11.2. The van der Waals surface area contributed by atoms with E-state index >= 15 is 0 Å². The highest BCUT2D eigenvalue weighted by Gasteiger charge is 2.29. The summed E-state index contributed by atoms with van der Waals surface area (Å²) in [5.41, 5.74) is 0. The lowest BCUT2D eigenvalue weighted by Gasteiger charge is -2.07. The Morgan fingerprint density at radius 2 is 2.33 bits per heavy atom. The Kier molecular flexibility index (Phi) is 3.86. The molecule has 1 aliphatic heterocycles. The van der Waals surface area contributed by atoms with E-state index < -0.39 is 12.0 Å². The van der Waals surface area contributed by atoms with Gasteiger partial charge in [-0.15, -0.1) is 6.42 Å². The van der Waals surface area contributed by atoms with E-state index in [1.807, 2.05) is 0 Å². The lowest BCUT2D eigenvalue weighted by molar-refractivity contribution is -0.142. The Hall–Kier alpha value is -1.83. The van der Waals surface area contributed by atoms with Crippen molar-refractivity contribution in [1.29, 1.82) is 0 Å². The van der Waals surface area contributed by atoms with Crippen molar-refractivity contribution in [2.45, 2.75) is 25.3 Å². The Labute approximate surface area is 87.2 Å². The Balaban J connectivity index is 2.26. The largest absolute Gasteiger partial charge is 0.452 e. The topological polar surface area (TPSA) is 72.5 Å². The van der Waals surface area contributed by atoms with Gasteiger partial charge in [-0.25, -0.2) is 0 Å². The molecule has 5 heteroatoms. The van der Waals surface area contributed by atoms with E-state index in [4.69, 9.17) is 6.42 Å². The molecular weight excluding hydrogens is 198 g/mol. The lowest BCUT2D eigenvalue weighted by atomic mass is 10.1. The predicted molar refractivity (Wildman–Crippen MR) is 50.6 cm³/mol. The summed E-state index contributed by atoms with van der Waals surface area (Å²) in [5.74, 6) is 1.24. The number of ether oxygens (including phenoxy) is 1. The van der Waals surface area contributed by atoms with Gasteiger partial charge in [0.05, 0.1) is 12.5 Å². The maximum Gasteiger partial charge on any atom is 0.306 e. The van der Waals surface area contributed by atoms with Crippen LogP contribution < -0.4 is 5.32 Å². The van der Waals surface area contributed by atoms with Gasteiger partial charge in [0.1, 0.15) is 0 Å². The molecule has 0 bridgehead atoms. The van der Waals surface area contributed by atoms with Crippen LogP contribution in [0.25, 0.3) is 0 Å². The third kappa shape index (κ3) is 3.43. The zero-order chi connectivity index (χ0) is 11.3. The summed E-state index contributed by atoms with van der Waals surface area (Å²) in [5, 5.41) is 2.48. The summed E-state index contributed by atoms with van der Waals surface area (Å²) in [6.45, 7) is -0.0657. The van der Waals surface area contributed by atoms with Crippen LogP contribution in [0, 0.1) is 12.3 Å².